The largest absolute Gasteiger partial charge is 0.495 e. The molecule has 1 fully saturated rings. The standard InChI is InChI=1S/C23H31N3O5S/c1-5-26(32(28,29)22-16-18(2)10-11-21(22)31-4)17-23(27)25-14-12-24(13-15-25)19-8-6-7-9-20(19)30-3/h6-11,16H,5,12-15,17H2,1-4H3. The number of sulfonamides is 1. The van der Waals surface area contributed by atoms with Gasteiger partial charge in [-0.3, -0.25) is 4.79 Å². The van der Waals surface area contributed by atoms with Crippen LogP contribution < -0.4 is 14.4 Å². The molecule has 2 aromatic rings. The van der Waals surface area contributed by atoms with E-state index >= 15 is 0 Å². The molecule has 1 saturated heterocycles. The SMILES string of the molecule is CCN(CC(=O)N1CCN(c2ccccc2OC)CC1)S(=O)(=O)c1cc(C)ccc1OC. The smallest absolute Gasteiger partial charge is 0.247 e. The zero-order valence-electron chi connectivity index (χ0n) is 19.1. The molecular formula is C23H31N3O5S. The molecule has 0 unspecified atom stereocenters. The molecule has 0 aliphatic carbocycles. The molecule has 1 aliphatic heterocycles. The highest BCUT2D eigenvalue weighted by molar-refractivity contribution is 7.89. The van der Waals surface area contributed by atoms with Gasteiger partial charge in [0.25, 0.3) is 0 Å². The molecule has 0 bridgehead atoms. The number of para-hydroxylation sites is 2. The van der Waals surface area contributed by atoms with E-state index in [4.69, 9.17) is 9.47 Å². The number of piperazine rings is 1. The van der Waals surface area contributed by atoms with Crippen LogP contribution in [-0.4, -0.2) is 77.0 Å². The van der Waals surface area contributed by atoms with Gasteiger partial charge in [0.05, 0.1) is 26.5 Å². The van der Waals surface area contributed by atoms with E-state index in [-0.39, 0.29) is 29.6 Å². The van der Waals surface area contributed by atoms with Crippen LogP contribution in [0.1, 0.15) is 12.5 Å². The first-order chi connectivity index (χ1) is 15.3. The lowest BCUT2D eigenvalue weighted by Crippen LogP contribution is -2.52. The Hall–Kier alpha value is -2.78. The van der Waals surface area contributed by atoms with E-state index in [1.54, 1.807) is 37.1 Å². The molecule has 174 valence electrons. The maximum atomic E-state index is 13.3. The van der Waals surface area contributed by atoms with Gasteiger partial charge in [-0.05, 0) is 36.8 Å². The lowest BCUT2D eigenvalue weighted by Gasteiger charge is -2.37. The molecule has 0 saturated carbocycles. The van der Waals surface area contributed by atoms with Crippen molar-refractivity contribution < 1.29 is 22.7 Å². The van der Waals surface area contributed by atoms with Gasteiger partial charge >= 0.3 is 0 Å². The van der Waals surface area contributed by atoms with Crippen molar-refractivity contribution in [2.24, 2.45) is 0 Å². The highest BCUT2D eigenvalue weighted by atomic mass is 32.2. The van der Waals surface area contributed by atoms with Gasteiger partial charge in [-0.1, -0.05) is 25.1 Å². The third-order valence-electron chi connectivity index (χ3n) is 5.66. The highest BCUT2D eigenvalue weighted by Gasteiger charge is 2.31. The fourth-order valence-corrected chi connectivity index (χ4v) is 5.47. The monoisotopic (exact) mass is 461 g/mol. The van der Waals surface area contributed by atoms with Crippen LogP contribution in [0.4, 0.5) is 5.69 Å². The predicted molar refractivity (Wildman–Crippen MR) is 124 cm³/mol. The summed E-state index contributed by atoms with van der Waals surface area (Å²) in [6, 6.07) is 12.8. The molecule has 0 atom stereocenters. The average molecular weight is 462 g/mol. The summed E-state index contributed by atoms with van der Waals surface area (Å²) < 4.78 is 38.5. The zero-order valence-corrected chi connectivity index (χ0v) is 19.9. The summed E-state index contributed by atoms with van der Waals surface area (Å²) in [4.78, 5) is 17.0. The third-order valence-corrected chi connectivity index (χ3v) is 7.60. The van der Waals surface area contributed by atoms with Crippen LogP contribution in [0.3, 0.4) is 0 Å². The van der Waals surface area contributed by atoms with E-state index in [0.717, 1.165) is 17.0 Å². The molecule has 0 aromatic heterocycles. The number of carbonyl (C=O) groups is 1. The van der Waals surface area contributed by atoms with Crippen LogP contribution in [0, 0.1) is 6.92 Å². The molecule has 9 heteroatoms. The molecule has 32 heavy (non-hydrogen) atoms. The zero-order chi connectivity index (χ0) is 23.3. The summed E-state index contributed by atoms with van der Waals surface area (Å²) >= 11 is 0. The number of hydrogen-bond acceptors (Lipinski definition) is 6. The summed E-state index contributed by atoms with van der Waals surface area (Å²) in [5.41, 5.74) is 1.80. The van der Waals surface area contributed by atoms with Gasteiger partial charge in [0.15, 0.2) is 0 Å². The number of hydrogen-bond donors (Lipinski definition) is 0. The van der Waals surface area contributed by atoms with Gasteiger partial charge in [-0.15, -0.1) is 0 Å². The van der Waals surface area contributed by atoms with E-state index in [1.165, 1.54) is 11.4 Å². The van der Waals surface area contributed by atoms with Gasteiger partial charge < -0.3 is 19.3 Å². The first-order valence-electron chi connectivity index (χ1n) is 10.6. The molecule has 0 spiro atoms. The summed E-state index contributed by atoms with van der Waals surface area (Å²) in [7, 11) is -0.802. The number of methoxy groups -OCH3 is 2. The number of aryl methyl sites for hydroxylation is 1. The molecular weight excluding hydrogens is 430 g/mol. The van der Waals surface area contributed by atoms with Gasteiger partial charge in [-0.25, -0.2) is 8.42 Å². The average Bonchev–Trinajstić information content (AvgIpc) is 2.82. The second kappa shape index (κ2) is 10.2. The maximum Gasteiger partial charge on any atom is 0.247 e. The van der Waals surface area contributed by atoms with Crippen molar-refractivity contribution in [2.45, 2.75) is 18.7 Å². The number of carbonyl (C=O) groups excluding carboxylic acids is 1. The minimum atomic E-state index is -3.88. The van der Waals surface area contributed by atoms with Crippen molar-refractivity contribution in [3.8, 4) is 11.5 Å². The van der Waals surface area contributed by atoms with Crippen LogP contribution >= 0.6 is 0 Å². The van der Waals surface area contributed by atoms with Crippen molar-refractivity contribution in [3.05, 3.63) is 48.0 Å². The summed E-state index contributed by atoms with van der Waals surface area (Å²) in [6.45, 7) is 5.86. The van der Waals surface area contributed by atoms with E-state index in [9.17, 15) is 13.2 Å². The van der Waals surface area contributed by atoms with Crippen LogP contribution in [-0.2, 0) is 14.8 Å². The Morgan fingerprint density at radius 3 is 2.28 bits per heavy atom. The summed E-state index contributed by atoms with van der Waals surface area (Å²) in [6.07, 6.45) is 0. The Morgan fingerprint density at radius 1 is 1.00 bits per heavy atom. The number of anilines is 1. The number of benzene rings is 2. The summed E-state index contributed by atoms with van der Waals surface area (Å²) in [5, 5.41) is 0. The van der Waals surface area contributed by atoms with Gasteiger partial charge in [-0.2, -0.15) is 4.31 Å². The number of rotatable bonds is 8. The molecule has 3 rings (SSSR count). The topological polar surface area (TPSA) is 79.4 Å². The lowest BCUT2D eigenvalue weighted by atomic mass is 10.2. The highest BCUT2D eigenvalue weighted by Crippen LogP contribution is 2.29. The second-order valence-electron chi connectivity index (χ2n) is 7.63. The number of nitrogens with zero attached hydrogens (tertiary/aromatic N) is 3. The fourth-order valence-electron chi connectivity index (χ4n) is 3.83. The minimum absolute atomic E-state index is 0.0793. The Balaban J connectivity index is 1.69. The van der Waals surface area contributed by atoms with E-state index in [1.807, 2.05) is 31.2 Å². The van der Waals surface area contributed by atoms with Gasteiger partial charge in [0.1, 0.15) is 16.4 Å². The Kier molecular flexibility index (Phi) is 7.63. The second-order valence-corrected chi connectivity index (χ2v) is 9.53. The fraction of sp³-hybridized carbons (Fsp3) is 0.435. The number of ether oxygens (including phenoxy) is 2. The maximum absolute atomic E-state index is 13.3. The lowest BCUT2D eigenvalue weighted by molar-refractivity contribution is -0.131. The molecule has 8 nitrogen and oxygen atoms in total. The quantitative estimate of drug-likeness (QED) is 0.601. The van der Waals surface area contributed by atoms with Crippen LogP contribution in [0.15, 0.2) is 47.4 Å². The van der Waals surface area contributed by atoms with Crippen molar-refractivity contribution >= 4 is 21.6 Å². The van der Waals surface area contributed by atoms with Crippen molar-refractivity contribution in [3.63, 3.8) is 0 Å². The molecule has 0 radical (unpaired) electrons. The molecule has 2 aromatic carbocycles. The van der Waals surface area contributed by atoms with Gasteiger partial charge in [0.2, 0.25) is 15.9 Å². The van der Waals surface area contributed by atoms with Crippen LogP contribution in [0.5, 0.6) is 11.5 Å². The Morgan fingerprint density at radius 2 is 1.66 bits per heavy atom. The van der Waals surface area contributed by atoms with E-state index < -0.39 is 10.0 Å². The number of likely N-dealkylation sites (N-methyl/N-ethyl adjacent to an activating group) is 1. The van der Waals surface area contributed by atoms with Crippen molar-refractivity contribution in [2.75, 3.05) is 58.4 Å². The predicted octanol–water partition coefficient (Wildman–Crippen LogP) is 2.37. The van der Waals surface area contributed by atoms with Crippen LogP contribution in [0.25, 0.3) is 0 Å². The first kappa shape index (κ1) is 23.9. The van der Waals surface area contributed by atoms with E-state index in [0.29, 0.717) is 26.2 Å². The minimum Gasteiger partial charge on any atom is -0.495 e. The normalized spacial score (nSPS) is 14.5. The summed E-state index contributed by atoms with van der Waals surface area (Å²) in [5.74, 6) is 0.858. The first-order valence-corrected chi connectivity index (χ1v) is 12.1. The van der Waals surface area contributed by atoms with Crippen molar-refractivity contribution in [1.29, 1.82) is 0 Å². The third kappa shape index (κ3) is 4.99. The molecule has 1 amide bonds. The number of amides is 1. The molecule has 1 heterocycles. The molecule has 1 aliphatic rings. The van der Waals surface area contributed by atoms with E-state index in [2.05, 4.69) is 4.90 Å². The Labute approximate surface area is 190 Å². The van der Waals surface area contributed by atoms with Crippen LogP contribution in [0.2, 0.25) is 0 Å². The molecule has 0 N–H and O–H groups in total. The van der Waals surface area contributed by atoms with Gasteiger partial charge in [0, 0.05) is 32.7 Å². The van der Waals surface area contributed by atoms with Crippen molar-refractivity contribution in [1.82, 2.24) is 9.21 Å². The Bertz CT molecular complexity index is 1050.